The number of fused-ring (bicyclic) bond motifs is 4. The number of carbonyl (C=O) groups excluding carboxylic acids is 1. The number of para-hydroxylation sites is 4. The summed E-state index contributed by atoms with van der Waals surface area (Å²) in [6.45, 7) is 1.44. The minimum atomic E-state index is -3.63. The predicted octanol–water partition coefficient (Wildman–Crippen LogP) is 6.96. The smallest absolute Gasteiger partial charge is 0.208 e. The highest BCUT2D eigenvalue weighted by molar-refractivity contribution is 8.00. The molecule has 4 aromatic carbocycles. The van der Waals surface area contributed by atoms with Crippen molar-refractivity contribution in [3.8, 4) is 0 Å². The fourth-order valence-corrected chi connectivity index (χ4v) is 8.99. The molecule has 2 aliphatic rings. The van der Waals surface area contributed by atoms with Gasteiger partial charge in [0.05, 0.1) is 22.7 Å². The summed E-state index contributed by atoms with van der Waals surface area (Å²) in [6.07, 6.45) is 0. The second-order valence-electron chi connectivity index (χ2n) is 7.88. The van der Waals surface area contributed by atoms with Gasteiger partial charge in [0.2, 0.25) is 7.14 Å². The van der Waals surface area contributed by atoms with Crippen molar-refractivity contribution in [2.45, 2.75) is 26.5 Å². The summed E-state index contributed by atoms with van der Waals surface area (Å²) in [4.78, 5) is 17.3. The zero-order valence-corrected chi connectivity index (χ0v) is 20.2. The van der Waals surface area contributed by atoms with E-state index in [-0.39, 0.29) is 5.52 Å². The molecule has 0 bridgehead atoms. The molecule has 0 atom stereocenters. The third kappa shape index (κ3) is 3.24. The molecule has 0 spiro atoms. The van der Waals surface area contributed by atoms with E-state index in [2.05, 4.69) is 22.8 Å². The Balaban J connectivity index is 1.54. The minimum absolute atomic E-state index is 0.333. The largest absolute Gasteiger partial charge is 0.353 e. The summed E-state index contributed by atoms with van der Waals surface area (Å²) >= 11 is 3.25. The summed E-state index contributed by atoms with van der Waals surface area (Å²) in [5.41, 5.74) is 3.08. The second kappa shape index (κ2) is 7.84. The molecule has 6 rings (SSSR count). The first-order valence-electron chi connectivity index (χ1n) is 10.5. The van der Waals surface area contributed by atoms with Crippen molar-refractivity contribution in [1.82, 2.24) is 0 Å². The Morgan fingerprint density at radius 3 is 1.52 bits per heavy atom. The van der Waals surface area contributed by atoms with Gasteiger partial charge in [0.25, 0.3) is 0 Å². The number of anilines is 4. The summed E-state index contributed by atoms with van der Waals surface area (Å²) < 4.78 is 14.8. The van der Waals surface area contributed by atoms with Gasteiger partial charge in [-0.15, -0.1) is 0 Å². The van der Waals surface area contributed by atoms with Crippen molar-refractivity contribution in [3.05, 3.63) is 84.9 Å². The Bertz CT molecular complexity index is 1400. The minimum Gasteiger partial charge on any atom is -0.353 e. The van der Waals surface area contributed by atoms with Crippen LogP contribution in [0.1, 0.15) is 6.92 Å². The van der Waals surface area contributed by atoms with Crippen molar-refractivity contribution >= 4 is 69.5 Å². The van der Waals surface area contributed by atoms with Crippen LogP contribution in [0.2, 0.25) is 0 Å². The molecule has 0 unspecified atom stereocenters. The van der Waals surface area contributed by atoms with Crippen LogP contribution in [0.25, 0.3) is 0 Å². The van der Waals surface area contributed by atoms with Crippen LogP contribution in [-0.4, -0.2) is 5.52 Å². The molecule has 0 radical (unpaired) electrons. The Labute approximate surface area is 200 Å². The normalized spacial score (nSPS) is 13.5. The number of hydrogen-bond donors (Lipinski definition) is 2. The summed E-state index contributed by atoms with van der Waals surface area (Å²) in [7, 11) is -3.63. The lowest BCUT2D eigenvalue weighted by Gasteiger charge is -2.29. The number of carbonyl (C=O) groups is 1. The van der Waals surface area contributed by atoms with Gasteiger partial charge in [-0.05, 0) is 48.5 Å². The van der Waals surface area contributed by atoms with E-state index >= 15 is 0 Å². The molecule has 7 heteroatoms. The zero-order valence-electron chi connectivity index (χ0n) is 17.7. The van der Waals surface area contributed by atoms with Crippen LogP contribution in [0.15, 0.2) is 105 Å². The quantitative estimate of drug-likeness (QED) is 0.264. The molecule has 4 nitrogen and oxygen atoms in total. The van der Waals surface area contributed by atoms with E-state index in [1.807, 2.05) is 72.8 Å². The summed E-state index contributed by atoms with van der Waals surface area (Å²) in [5, 5.41) is 8.03. The van der Waals surface area contributed by atoms with E-state index < -0.39 is 7.14 Å². The van der Waals surface area contributed by atoms with Crippen LogP contribution in [0.4, 0.5) is 22.7 Å². The van der Waals surface area contributed by atoms with Crippen LogP contribution in [0, 0.1) is 0 Å². The van der Waals surface area contributed by atoms with Gasteiger partial charge in [0.1, 0.15) is 0 Å². The van der Waals surface area contributed by atoms with Crippen LogP contribution in [-0.2, 0) is 9.36 Å². The van der Waals surface area contributed by atoms with Crippen LogP contribution in [0.3, 0.4) is 0 Å². The summed E-state index contributed by atoms with van der Waals surface area (Å²) in [6, 6.07) is 27.5. The number of nitrogens with one attached hydrogen (secondary N) is 2. The second-order valence-corrected chi connectivity index (χ2v) is 12.9. The Hall–Kier alpha value is -2.92. The molecule has 2 N–H and O–H groups in total. The van der Waals surface area contributed by atoms with E-state index in [4.69, 9.17) is 0 Å². The molecule has 0 saturated carbocycles. The molecule has 162 valence electrons. The monoisotopic (exact) mass is 486 g/mol. The number of rotatable bonds is 3. The highest BCUT2D eigenvalue weighted by Gasteiger charge is 2.39. The van der Waals surface area contributed by atoms with Crippen LogP contribution in [0.5, 0.6) is 0 Å². The van der Waals surface area contributed by atoms with Crippen molar-refractivity contribution < 1.29 is 9.36 Å². The molecular weight excluding hydrogens is 467 g/mol. The fraction of sp³-hybridized carbons (Fsp3) is 0.0385. The van der Waals surface area contributed by atoms with Crippen molar-refractivity contribution in [1.29, 1.82) is 0 Å². The van der Waals surface area contributed by atoms with Gasteiger partial charge in [-0.2, -0.15) is 0 Å². The van der Waals surface area contributed by atoms with E-state index in [0.717, 1.165) is 42.3 Å². The highest BCUT2D eigenvalue weighted by atomic mass is 32.2. The maximum absolute atomic E-state index is 14.8. The van der Waals surface area contributed by atoms with Crippen LogP contribution >= 0.6 is 30.7 Å². The Morgan fingerprint density at radius 2 is 1.06 bits per heavy atom. The first-order valence-corrected chi connectivity index (χ1v) is 13.9. The lowest BCUT2D eigenvalue weighted by molar-refractivity contribution is -0.109. The van der Waals surface area contributed by atoms with E-state index in [0.29, 0.717) is 10.6 Å². The molecule has 33 heavy (non-hydrogen) atoms. The third-order valence-electron chi connectivity index (χ3n) is 5.86. The average Bonchev–Trinajstić information content (AvgIpc) is 2.85. The van der Waals surface area contributed by atoms with Gasteiger partial charge in [-0.3, -0.25) is 4.79 Å². The summed E-state index contributed by atoms with van der Waals surface area (Å²) in [5.74, 6) is 0. The predicted molar refractivity (Wildman–Crippen MR) is 138 cm³/mol. The van der Waals surface area contributed by atoms with Crippen molar-refractivity contribution in [2.24, 2.45) is 0 Å². The highest BCUT2D eigenvalue weighted by Crippen LogP contribution is 2.55. The topological polar surface area (TPSA) is 58.2 Å². The third-order valence-corrected chi connectivity index (χ3v) is 11.1. The van der Waals surface area contributed by atoms with Gasteiger partial charge in [-0.1, -0.05) is 59.9 Å². The molecule has 0 fully saturated rings. The van der Waals surface area contributed by atoms with Crippen molar-refractivity contribution in [2.75, 3.05) is 10.6 Å². The van der Waals surface area contributed by atoms with Gasteiger partial charge >= 0.3 is 0 Å². The van der Waals surface area contributed by atoms with Gasteiger partial charge < -0.3 is 15.2 Å². The lowest BCUT2D eigenvalue weighted by Crippen LogP contribution is -2.26. The molecular formula is C26H19N2O2PS2. The average molecular weight is 487 g/mol. The standard InChI is InChI=1S/C26H19N2O2PS2/c1-16(29)31(30,19-10-6-14-23-25(19)27-17-8-2-4-12-21(17)32-23)20-11-7-15-24-26(20)28-18-9-3-5-13-22(18)33-24/h2-15,27-28H,1H3. The van der Waals surface area contributed by atoms with Crippen LogP contribution < -0.4 is 21.2 Å². The number of hydrogen-bond acceptors (Lipinski definition) is 6. The van der Waals surface area contributed by atoms with E-state index in [9.17, 15) is 9.36 Å². The molecule has 0 amide bonds. The SMILES string of the molecule is CC(=O)P(=O)(c1cccc2c1Nc1ccccc1S2)c1cccc2c1Nc1ccccc1S2. The zero-order chi connectivity index (χ0) is 22.6. The first kappa shape index (κ1) is 20.7. The molecule has 0 aliphatic carbocycles. The lowest BCUT2D eigenvalue weighted by atomic mass is 10.2. The van der Waals surface area contributed by atoms with E-state index in [1.165, 1.54) is 6.92 Å². The van der Waals surface area contributed by atoms with E-state index in [1.54, 1.807) is 23.5 Å². The first-order chi connectivity index (χ1) is 16.1. The van der Waals surface area contributed by atoms with Gasteiger partial charge in [0.15, 0.2) is 5.52 Å². The Kier molecular flexibility index (Phi) is 4.91. The fourth-order valence-electron chi connectivity index (χ4n) is 4.28. The maximum atomic E-state index is 14.8. The Morgan fingerprint density at radius 1 is 0.636 bits per heavy atom. The molecule has 2 heterocycles. The van der Waals surface area contributed by atoms with Crippen molar-refractivity contribution in [3.63, 3.8) is 0 Å². The van der Waals surface area contributed by atoms with Gasteiger partial charge in [-0.25, -0.2) is 0 Å². The molecule has 2 aliphatic heterocycles. The number of benzene rings is 4. The molecule has 0 aromatic heterocycles. The maximum Gasteiger partial charge on any atom is 0.208 e. The molecule has 0 saturated heterocycles. The van der Waals surface area contributed by atoms with Gasteiger partial charge in [0, 0.05) is 37.1 Å². The molecule has 4 aromatic rings.